The van der Waals surface area contributed by atoms with Crippen LogP contribution in [0.1, 0.15) is 13.8 Å². The predicted octanol–water partition coefficient (Wildman–Crippen LogP) is 3.30. The quantitative estimate of drug-likeness (QED) is 0.675. The summed E-state index contributed by atoms with van der Waals surface area (Å²) in [4.78, 5) is 12.8. The van der Waals surface area contributed by atoms with Crippen LogP contribution in [0, 0.1) is 5.92 Å². The first-order chi connectivity index (χ1) is 13.2. The van der Waals surface area contributed by atoms with Crippen LogP contribution in [0.5, 0.6) is 11.5 Å². The second-order valence-corrected chi connectivity index (χ2v) is 8.51. The van der Waals surface area contributed by atoms with E-state index in [2.05, 4.69) is 10.0 Å². The lowest BCUT2D eigenvalue weighted by Gasteiger charge is -2.22. The van der Waals surface area contributed by atoms with Crippen molar-refractivity contribution in [2.24, 2.45) is 5.92 Å². The number of sulfonamides is 1. The highest BCUT2D eigenvalue weighted by atomic mass is 35.5. The van der Waals surface area contributed by atoms with Gasteiger partial charge in [0.05, 0.1) is 24.8 Å². The largest absolute Gasteiger partial charge is 0.497 e. The highest BCUT2D eigenvalue weighted by Gasteiger charge is 2.29. The zero-order valence-electron chi connectivity index (χ0n) is 16.0. The molecular weight excluding hydrogens is 404 g/mol. The molecule has 2 aromatic rings. The third-order valence-electron chi connectivity index (χ3n) is 4.00. The summed E-state index contributed by atoms with van der Waals surface area (Å²) in [6.07, 6.45) is 0. The van der Waals surface area contributed by atoms with E-state index < -0.39 is 22.0 Å². The molecular formula is C19H23ClN2O5S. The highest BCUT2D eigenvalue weighted by molar-refractivity contribution is 7.89. The van der Waals surface area contributed by atoms with Crippen LogP contribution in [0.4, 0.5) is 5.69 Å². The molecule has 2 rings (SSSR count). The van der Waals surface area contributed by atoms with Gasteiger partial charge in [0.15, 0.2) is 0 Å². The van der Waals surface area contributed by atoms with Gasteiger partial charge in [-0.15, -0.1) is 0 Å². The number of hydrogen-bond donors (Lipinski definition) is 2. The van der Waals surface area contributed by atoms with Gasteiger partial charge >= 0.3 is 0 Å². The summed E-state index contributed by atoms with van der Waals surface area (Å²) >= 11 is 5.88. The van der Waals surface area contributed by atoms with E-state index in [1.807, 2.05) is 0 Å². The molecule has 7 nitrogen and oxygen atoms in total. The highest BCUT2D eigenvalue weighted by Crippen LogP contribution is 2.29. The monoisotopic (exact) mass is 426 g/mol. The topological polar surface area (TPSA) is 93.7 Å². The minimum absolute atomic E-state index is 0.0163. The molecule has 0 aromatic heterocycles. The fourth-order valence-electron chi connectivity index (χ4n) is 2.48. The standard InChI is InChI=1S/C19H23ClN2O5S/c1-12(2)18(22-28(24,25)15-7-5-6-13(20)10-15)19(23)21-16-11-14(26-3)8-9-17(16)27-4/h5-12,18,22H,1-4H3,(H,21,23). The summed E-state index contributed by atoms with van der Waals surface area (Å²) in [6, 6.07) is 9.76. The molecule has 0 fully saturated rings. The molecule has 152 valence electrons. The number of carbonyl (C=O) groups is 1. The Morgan fingerprint density at radius 3 is 2.36 bits per heavy atom. The molecule has 2 aromatic carbocycles. The van der Waals surface area contributed by atoms with Gasteiger partial charge in [0.2, 0.25) is 15.9 Å². The minimum Gasteiger partial charge on any atom is -0.497 e. The summed E-state index contributed by atoms with van der Waals surface area (Å²) < 4.78 is 38.2. The number of carbonyl (C=O) groups excluding carboxylic acids is 1. The van der Waals surface area contributed by atoms with Gasteiger partial charge in [-0.2, -0.15) is 4.72 Å². The van der Waals surface area contributed by atoms with Gasteiger partial charge < -0.3 is 14.8 Å². The second-order valence-electron chi connectivity index (χ2n) is 6.36. The van der Waals surface area contributed by atoms with Crippen molar-refractivity contribution in [3.05, 3.63) is 47.5 Å². The van der Waals surface area contributed by atoms with Crippen molar-refractivity contribution in [2.45, 2.75) is 24.8 Å². The average Bonchev–Trinajstić information content (AvgIpc) is 2.65. The Labute approximate surface area is 170 Å². The van der Waals surface area contributed by atoms with Crippen LogP contribution in [-0.2, 0) is 14.8 Å². The van der Waals surface area contributed by atoms with Crippen LogP contribution in [-0.4, -0.2) is 34.6 Å². The Morgan fingerprint density at radius 2 is 1.79 bits per heavy atom. The lowest BCUT2D eigenvalue weighted by molar-refractivity contribution is -0.118. The molecule has 0 saturated carbocycles. The van der Waals surface area contributed by atoms with E-state index >= 15 is 0 Å². The summed E-state index contributed by atoms with van der Waals surface area (Å²) in [5.41, 5.74) is 0.374. The number of benzene rings is 2. The molecule has 0 saturated heterocycles. The first kappa shape index (κ1) is 22.0. The molecule has 2 N–H and O–H groups in total. The van der Waals surface area contributed by atoms with Gasteiger partial charge in [-0.25, -0.2) is 8.42 Å². The van der Waals surface area contributed by atoms with E-state index in [1.54, 1.807) is 38.1 Å². The van der Waals surface area contributed by atoms with Crippen molar-refractivity contribution in [3.8, 4) is 11.5 Å². The van der Waals surface area contributed by atoms with Gasteiger partial charge in [-0.3, -0.25) is 4.79 Å². The molecule has 1 amide bonds. The number of anilines is 1. The van der Waals surface area contributed by atoms with Crippen molar-refractivity contribution >= 4 is 33.2 Å². The lowest BCUT2D eigenvalue weighted by atomic mass is 10.0. The SMILES string of the molecule is COc1ccc(OC)c(NC(=O)C(NS(=O)(=O)c2cccc(Cl)c2)C(C)C)c1. The molecule has 9 heteroatoms. The second kappa shape index (κ2) is 9.27. The predicted molar refractivity (Wildman–Crippen MR) is 109 cm³/mol. The Morgan fingerprint density at radius 1 is 1.07 bits per heavy atom. The van der Waals surface area contributed by atoms with Gasteiger partial charge in [-0.1, -0.05) is 31.5 Å². The Hall–Kier alpha value is -2.29. The molecule has 0 aliphatic carbocycles. The number of methoxy groups -OCH3 is 2. The van der Waals surface area contributed by atoms with Crippen molar-refractivity contribution in [1.82, 2.24) is 4.72 Å². The van der Waals surface area contributed by atoms with Gasteiger partial charge in [0.25, 0.3) is 0 Å². The lowest BCUT2D eigenvalue weighted by Crippen LogP contribution is -2.47. The Balaban J connectivity index is 2.28. The van der Waals surface area contributed by atoms with Crippen molar-refractivity contribution in [3.63, 3.8) is 0 Å². The average molecular weight is 427 g/mol. The van der Waals surface area contributed by atoms with Crippen molar-refractivity contribution in [2.75, 3.05) is 19.5 Å². The summed E-state index contributed by atoms with van der Waals surface area (Å²) in [6.45, 7) is 3.49. The van der Waals surface area contributed by atoms with E-state index in [1.165, 1.54) is 32.4 Å². The van der Waals surface area contributed by atoms with Gasteiger partial charge in [-0.05, 0) is 36.2 Å². The number of nitrogens with one attached hydrogen (secondary N) is 2. The Bertz CT molecular complexity index is 947. The molecule has 1 atom stereocenters. The third-order valence-corrected chi connectivity index (χ3v) is 5.68. The maximum Gasteiger partial charge on any atom is 0.242 e. The van der Waals surface area contributed by atoms with Crippen molar-refractivity contribution < 1.29 is 22.7 Å². The zero-order valence-corrected chi connectivity index (χ0v) is 17.6. The number of halogens is 1. The fraction of sp³-hybridized carbons (Fsp3) is 0.316. The molecule has 0 aliphatic rings. The van der Waals surface area contributed by atoms with E-state index in [9.17, 15) is 13.2 Å². The molecule has 0 radical (unpaired) electrons. The van der Waals surface area contributed by atoms with Crippen LogP contribution >= 0.6 is 11.6 Å². The summed E-state index contributed by atoms with van der Waals surface area (Å²) in [5.74, 6) is 0.115. The first-order valence-corrected chi connectivity index (χ1v) is 10.3. The van der Waals surface area contributed by atoms with Crippen LogP contribution < -0.4 is 19.5 Å². The van der Waals surface area contributed by atoms with Crippen LogP contribution in [0.2, 0.25) is 5.02 Å². The van der Waals surface area contributed by atoms with E-state index in [0.29, 0.717) is 17.2 Å². The third kappa shape index (κ3) is 5.37. The minimum atomic E-state index is -3.94. The van der Waals surface area contributed by atoms with E-state index in [0.717, 1.165) is 0 Å². The van der Waals surface area contributed by atoms with Crippen LogP contribution in [0.3, 0.4) is 0 Å². The number of ether oxygens (including phenoxy) is 2. The van der Waals surface area contributed by atoms with Crippen LogP contribution in [0.25, 0.3) is 0 Å². The maximum atomic E-state index is 12.8. The van der Waals surface area contributed by atoms with E-state index in [-0.39, 0.29) is 15.8 Å². The first-order valence-electron chi connectivity index (χ1n) is 8.48. The summed E-state index contributed by atoms with van der Waals surface area (Å²) in [7, 11) is -0.969. The van der Waals surface area contributed by atoms with Gasteiger partial charge in [0, 0.05) is 11.1 Å². The van der Waals surface area contributed by atoms with Gasteiger partial charge in [0.1, 0.15) is 17.5 Å². The zero-order chi connectivity index (χ0) is 20.9. The number of rotatable bonds is 8. The molecule has 1 unspecified atom stereocenters. The molecule has 0 heterocycles. The molecule has 0 spiro atoms. The van der Waals surface area contributed by atoms with E-state index in [4.69, 9.17) is 21.1 Å². The molecule has 28 heavy (non-hydrogen) atoms. The molecule has 0 bridgehead atoms. The maximum absolute atomic E-state index is 12.8. The number of hydrogen-bond acceptors (Lipinski definition) is 5. The fourth-order valence-corrected chi connectivity index (χ4v) is 4.13. The van der Waals surface area contributed by atoms with Crippen molar-refractivity contribution in [1.29, 1.82) is 0 Å². The van der Waals surface area contributed by atoms with Crippen LogP contribution in [0.15, 0.2) is 47.4 Å². The molecule has 0 aliphatic heterocycles. The smallest absolute Gasteiger partial charge is 0.242 e. The Kier molecular flexibility index (Phi) is 7.29. The summed E-state index contributed by atoms with van der Waals surface area (Å²) in [5, 5.41) is 2.99. The normalized spacial score (nSPS) is 12.5. The number of amides is 1.